The molecule has 2 amide bonds. The molecule has 0 aliphatic carbocycles. The van der Waals surface area contributed by atoms with E-state index < -0.39 is 30.1 Å². The summed E-state index contributed by atoms with van der Waals surface area (Å²) in [5.41, 5.74) is 0. The molecule has 0 unspecified atom stereocenters. The van der Waals surface area contributed by atoms with Crippen molar-refractivity contribution in [2.75, 3.05) is 13.7 Å². The Morgan fingerprint density at radius 3 is 2.73 bits per heavy atom. The minimum absolute atomic E-state index is 0.132. The van der Waals surface area contributed by atoms with Crippen LogP contribution in [0.2, 0.25) is 0 Å². The van der Waals surface area contributed by atoms with Crippen LogP contribution in [0.25, 0.3) is 0 Å². The molecule has 0 radical (unpaired) electrons. The van der Waals surface area contributed by atoms with Crippen LogP contribution in [0, 0.1) is 0 Å². The molecule has 1 saturated heterocycles. The van der Waals surface area contributed by atoms with Crippen LogP contribution in [-0.4, -0.2) is 59.6 Å². The standard InChI is InChI=1S/C15H24N2O5/c1-4-5-6-7-12(15(21)22-3)16-14(20)13-8-11(19)9-17(13)10(2)18/h4,11-13,19H,1,5-9H2,2-3H3,(H,16,20)/t11-,12-,13+/m1/s1. The summed E-state index contributed by atoms with van der Waals surface area (Å²) in [5, 5.41) is 12.3. The second-order valence-electron chi connectivity index (χ2n) is 5.38. The summed E-state index contributed by atoms with van der Waals surface area (Å²) in [6.07, 6.45) is 3.03. The van der Waals surface area contributed by atoms with Crippen molar-refractivity contribution in [3.05, 3.63) is 12.7 Å². The zero-order valence-corrected chi connectivity index (χ0v) is 13.1. The number of hydrogen-bond donors (Lipinski definition) is 2. The van der Waals surface area contributed by atoms with Gasteiger partial charge in [-0.1, -0.05) is 6.08 Å². The van der Waals surface area contributed by atoms with E-state index in [1.54, 1.807) is 6.08 Å². The number of carbonyl (C=O) groups is 3. The van der Waals surface area contributed by atoms with Crippen molar-refractivity contribution in [1.82, 2.24) is 10.2 Å². The number of unbranched alkanes of at least 4 members (excludes halogenated alkanes) is 1. The van der Waals surface area contributed by atoms with E-state index in [2.05, 4.69) is 11.9 Å². The molecule has 1 rings (SSSR count). The number of aliphatic hydroxyl groups excluding tert-OH is 1. The Morgan fingerprint density at radius 1 is 1.50 bits per heavy atom. The largest absolute Gasteiger partial charge is 0.467 e. The molecule has 0 aromatic carbocycles. The molecule has 0 aromatic rings. The number of ether oxygens (including phenoxy) is 1. The Labute approximate surface area is 130 Å². The fourth-order valence-corrected chi connectivity index (χ4v) is 2.54. The number of likely N-dealkylation sites (tertiary alicyclic amines) is 1. The summed E-state index contributed by atoms with van der Waals surface area (Å²) in [4.78, 5) is 36.9. The third kappa shape index (κ3) is 4.84. The van der Waals surface area contributed by atoms with Gasteiger partial charge in [-0.05, 0) is 19.3 Å². The number of esters is 1. The first-order chi connectivity index (χ1) is 10.4. The van der Waals surface area contributed by atoms with Crippen LogP contribution < -0.4 is 5.32 Å². The molecular formula is C15H24N2O5. The van der Waals surface area contributed by atoms with Crippen LogP contribution in [0.4, 0.5) is 0 Å². The SMILES string of the molecule is C=CCCC[C@@H](NC(=O)[C@@H]1C[C@@H](O)CN1C(C)=O)C(=O)OC. The lowest BCUT2D eigenvalue weighted by Crippen LogP contribution is -2.50. The topological polar surface area (TPSA) is 95.9 Å². The molecule has 22 heavy (non-hydrogen) atoms. The van der Waals surface area contributed by atoms with Gasteiger partial charge < -0.3 is 20.1 Å². The zero-order valence-electron chi connectivity index (χ0n) is 13.1. The Bertz CT molecular complexity index is 438. The third-order valence-corrected chi connectivity index (χ3v) is 3.69. The maximum atomic E-state index is 12.3. The van der Waals surface area contributed by atoms with Gasteiger partial charge in [0.05, 0.1) is 13.2 Å². The van der Waals surface area contributed by atoms with Crippen molar-refractivity contribution < 1.29 is 24.2 Å². The normalized spacial score (nSPS) is 22.0. The van der Waals surface area contributed by atoms with Crippen molar-refractivity contribution in [2.45, 2.75) is 50.8 Å². The van der Waals surface area contributed by atoms with E-state index in [1.807, 2.05) is 0 Å². The van der Waals surface area contributed by atoms with Gasteiger partial charge in [-0.25, -0.2) is 4.79 Å². The fraction of sp³-hybridized carbons (Fsp3) is 0.667. The molecule has 0 spiro atoms. The Kier molecular flexibility index (Phi) is 7.04. The van der Waals surface area contributed by atoms with Crippen LogP contribution >= 0.6 is 0 Å². The summed E-state index contributed by atoms with van der Waals surface area (Å²) in [6.45, 7) is 5.09. The van der Waals surface area contributed by atoms with Gasteiger partial charge in [-0.2, -0.15) is 0 Å². The molecule has 2 N–H and O–H groups in total. The average molecular weight is 312 g/mol. The zero-order chi connectivity index (χ0) is 16.7. The van der Waals surface area contributed by atoms with Gasteiger partial charge in [0.1, 0.15) is 12.1 Å². The predicted octanol–water partition coefficient (Wildman–Crippen LogP) is -0.0178. The van der Waals surface area contributed by atoms with E-state index in [0.717, 1.165) is 6.42 Å². The summed E-state index contributed by atoms with van der Waals surface area (Å²) < 4.78 is 4.69. The van der Waals surface area contributed by atoms with Crippen molar-refractivity contribution >= 4 is 17.8 Å². The maximum Gasteiger partial charge on any atom is 0.328 e. The number of aliphatic hydroxyl groups is 1. The number of amides is 2. The number of methoxy groups -OCH3 is 1. The lowest BCUT2D eigenvalue weighted by molar-refractivity contribution is -0.146. The number of hydrogen-bond acceptors (Lipinski definition) is 5. The summed E-state index contributed by atoms with van der Waals surface area (Å²) in [6, 6.07) is -1.51. The molecule has 7 heteroatoms. The van der Waals surface area contributed by atoms with E-state index in [-0.39, 0.29) is 18.9 Å². The van der Waals surface area contributed by atoms with E-state index in [4.69, 9.17) is 4.74 Å². The molecule has 3 atom stereocenters. The second kappa shape index (κ2) is 8.53. The lowest BCUT2D eigenvalue weighted by atomic mass is 10.1. The molecule has 1 aliphatic heterocycles. The molecule has 1 aliphatic rings. The van der Waals surface area contributed by atoms with Crippen molar-refractivity contribution in [3.8, 4) is 0 Å². The van der Waals surface area contributed by atoms with Crippen molar-refractivity contribution in [3.63, 3.8) is 0 Å². The van der Waals surface area contributed by atoms with Crippen LogP contribution in [0.3, 0.4) is 0 Å². The number of nitrogens with one attached hydrogen (secondary N) is 1. The van der Waals surface area contributed by atoms with E-state index in [9.17, 15) is 19.5 Å². The Morgan fingerprint density at radius 2 is 2.18 bits per heavy atom. The first-order valence-electron chi connectivity index (χ1n) is 7.35. The quantitative estimate of drug-likeness (QED) is 0.391. The molecule has 0 saturated carbocycles. The number of nitrogens with zero attached hydrogens (tertiary/aromatic N) is 1. The molecule has 7 nitrogen and oxygen atoms in total. The smallest absolute Gasteiger partial charge is 0.328 e. The second-order valence-corrected chi connectivity index (χ2v) is 5.38. The van der Waals surface area contributed by atoms with Gasteiger partial charge in [-0.15, -0.1) is 6.58 Å². The summed E-state index contributed by atoms with van der Waals surface area (Å²) in [5.74, 6) is -1.25. The fourth-order valence-electron chi connectivity index (χ4n) is 2.54. The van der Waals surface area contributed by atoms with Crippen LogP contribution in [0.15, 0.2) is 12.7 Å². The van der Waals surface area contributed by atoms with Crippen molar-refractivity contribution in [2.24, 2.45) is 0 Å². The molecule has 124 valence electrons. The highest BCUT2D eigenvalue weighted by molar-refractivity contribution is 5.90. The summed E-state index contributed by atoms with van der Waals surface area (Å²) >= 11 is 0. The summed E-state index contributed by atoms with van der Waals surface area (Å²) in [7, 11) is 1.26. The van der Waals surface area contributed by atoms with Gasteiger partial charge >= 0.3 is 5.97 Å². The predicted molar refractivity (Wildman–Crippen MR) is 79.8 cm³/mol. The first kappa shape index (κ1) is 18.2. The Hall–Kier alpha value is -1.89. The highest BCUT2D eigenvalue weighted by atomic mass is 16.5. The first-order valence-corrected chi connectivity index (χ1v) is 7.35. The highest BCUT2D eigenvalue weighted by Crippen LogP contribution is 2.18. The maximum absolute atomic E-state index is 12.3. The molecule has 0 bridgehead atoms. The highest BCUT2D eigenvalue weighted by Gasteiger charge is 2.38. The molecule has 0 aromatic heterocycles. The number of allylic oxidation sites excluding steroid dienone is 1. The van der Waals surface area contributed by atoms with Gasteiger partial charge in [-0.3, -0.25) is 9.59 Å². The van der Waals surface area contributed by atoms with Gasteiger partial charge in [0.25, 0.3) is 0 Å². The van der Waals surface area contributed by atoms with Crippen LogP contribution in [-0.2, 0) is 19.1 Å². The van der Waals surface area contributed by atoms with Crippen LogP contribution in [0.1, 0.15) is 32.6 Å². The lowest BCUT2D eigenvalue weighted by Gasteiger charge is -2.24. The Balaban J connectivity index is 2.70. The number of rotatable bonds is 7. The van der Waals surface area contributed by atoms with Gasteiger partial charge in [0.2, 0.25) is 11.8 Å². The minimum Gasteiger partial charge on any atom is -0.467 e. The average Bonchev–Trinajstić information content (AvgIpc) is 2.88. The minimum atomic E-state index is -0.760. The van der Waals surface area contributed by atoms with E-state index >= 15 is 0 Å². The number of β-amino-alcohol motifs (C(OH)–C–C–N with tert-alkyl or cyclic N) is 1. The van der Waals surface area contributed by atoms with E-state index in [1.165, 1.54) is 18.9 Å². The van der Waals surface area contributed by atoms with Gasteiger partial charge in [0, 0.05) is 19.9 Å². The molecular weight excluding hydrogens is 288 g/mol. The van der Waals surface area contributed by atoms with Crippen molar-refractivity contribution in [1.29, 1.82) is 0 Å². The molecule has 1 fully saturated rings. The van der Waals surface area contributed by atoms with Gasteiger partial charge in [0.15, 0.2) is 0 Å². The van der Waals surface area contributed by atoms with Crippen LogP contribution in [0.5, 0.6) is 0 Å². The number of carbonyl (C=O) groups excluding carboxylic acids is 3. The third-order valence-electron chi connectivity index (χ3n) is 3.69. The monoisotopic (exact) mass is 312 g/mol. The van der Waals surface area contributed by atoms with E-state index in [0.29, 0.717) is 12.8 Å². The molecule has 1 heterocycles.